The third-order valence-electron chi connectivity index (χ3n) is 3.81. The molecule has 0 unspecified atom stereocenters. The number of rotatable bonds is 2. The first-order valence-electron chi connectivity index (χ1n) is 7.00. The second-order valence-corrected chi connectivity index (χ2v) is 5.18. The minimum atomic E-state index is 0.142. The molecule has 0 saturated carbocycles. The maximum atomic E-state index is 10.2. The Bertz CT molecular complexity index is 936. The Morgan fingerprint density at radius 1 is 1.00 bits per heavy atom. The SMILES string of the molecule is COc1ccc(-c2nc3cc4ccccc4cc3[nH]2)c(O)c1. The molecule has 3 aromatic carbocycles. The number of ether oxygens (including phenoxy) is 1. The highest BCUT2D eigenvalue weighted by atomic mass is 16.5. The van der Waals surface area contributed by atoms with Crippen LogP contribution in [0, 0.1) is 0 Å². The van der Waals surface area contributed by atoms with Gasteiger partial charge in [-0.15, -0.1) is 0 Å². The van der Waals surface area contributed by atoms with Gasteiger partial charge >= 0.3 is 0 Å². The minimum Gasteiger partial charge on any atom is -0.507 e. The van der Waals surface area contributed by atoms with E-state index in [0.29, 0.717) is 17.1 Å². The molecule has 108 valence electrons. The predicted octanol–water partition coefficient (Wildman–Crippen LogP) is 4.10. The van der Waals surface area contributed by atoms with E-state index >= 15 is 0 Å². The molecule has 1 heterocycles. The fourth-order valence-electron chi connectivity index (χ4n) is 2.66. The van der Waals surface area contributed by atoms with Crippen molar-refractivity contribution < 1.29 is 9.84 Å². The summed E-state index contributed by atoms with van der Waals surface area (Å²) in [6.07, 6.45) is 0. The average Bonchev–Trinajstić information content (AvgIpc) is 2.94. The van der Waals surface area contributed by atoms with Crippen LogP contribution in [0.25, 0.3) is 33.2 Å². The lowest BCUT2D eigenvalue weighted by Crippen LogP contribution is -1.85. The number of hydrogen-bond acceptors (Lipinski definition) is 3. The summed E-state index contributed by atoms with van der Waals surface area (Å²) in [6, 6.07) is 17.5. The van der Waals surface area contributed by atoms with Gasteiger partial charge in [-0.3, -0.25) is 0 Å². The fraction of sp³-hybridized carbons (Fsp3) is 0.0556. The van der Waals surface area contributed by atoms with Crippen LogP contribution in [0.5, 0.6) is 11.5 Å². The summed E-state index contributed by atoms with van der Waals surface area (Å²) in [7, 11) is 1.57. The normalized spacial score (nSPS) is 11.1. The van der Waals surface area contributed by atoms with Gasteiger partial charge in [-0.05, 0) is 35.0 Å². The van der Waals surface area contributed by atoms with E-state index in [1.165, 1.54) is 0 Å². The van der Waals surface area contributed by atoms with E-state index in [0.717, 1.165) is 21.8 Å². The Morgan fingerprint density at radius 2 is 1.77 bits per heavy atom. The van der Waals surface area contributed by atoms with Crippen molar-refractivity contribution in [1.82, 2.24) is 9.97 Å². The van der Waals surface area contributed by atoms with Crippen molar-refractivity contribution in [2.24, 2.45) is 0 Å². The van der Waals surface area contributed by atoms with E-state index in [1.54, 1.807) is 25.3 Å². The van der Waals surface area contributed by atoms with E-state index < -0.39 is 0 Å². The maximum Gasteiger partial charge on any atom is 0.142 e. The van der Waals surface area contributed by atoms with Crippen molar-refractivity contribution in [3.63, 3.8) is 0 Å². The van der Waals surface area contributed by atoms with Crippen LogP contribution in [0.1, 0.15) is 0 Å². The molecule has 4 heteroatoms. The van der Waals surface area contributed by atoms with Crippen LogP contribution < -0.4 is 4.74 Å². The largest absolute Gasteiger partial charge is 0.507 e. The van der Waals surface area contributed by atoms with Crippen LogP contribution in [0.2, 0.25) is 0 Å². The van der Waals surface area contributed by atoms with Gasteiger partial charge in [-0.25, -0.2) is 4.98 Å². The van der Waals surface area contributed by atoms with Crippen LogP contribution in [-0.2, 0) is 0 Å². The lowest BCUT2D eigenvalue weighted by Gasteiger charge is -2.04. The van der Waals surface area contributed by atoms with Gasteiger partial charge in [-0.1, -0.05) is 24.3 Å². The molecular weight excluding hydrogens is 276 g/mol. The Kier molecular flexibility index (Phi) is 2.76. The first kappa shape index (κ1) is 12.7. The third-order valence-corrected chi connectivity index (χ3v) is 3.81. The lowest BCUT2D eigenvalue weighted by atomic mass is 10.1. The molecule has 0 radical (unpaired) electrons. The zero-order chi connectivity index (χ0) is 15.1. The molecule has 4 aromatic rings. The summed E-state index contributed by atoms with van der Waals surface area (Å²) in [4.78, 5) is 7.86. The van der Waals surface area contributed by atoms with Crippen molar-refractivity contribution >= 4 is 21.8 Å². The van der Waals surface area contributed by atoms with Crippen LogP contribution >= 0.6 is 0 Å². The number of nitrogens with one attached hydrogen (secondary N) is 1. The molecule has 0 aliphatic heterocycles. The predicted molar refractivity (Wildman–Crippen MR) is 87.3 cm³/mol. The van der Waals surface area contributed by atoms with E-state index in [9.17, 15) is 5.11 Å². The second kappa shape index (κ2) is 4.77. The molecule has 0 atom stereocenters. The van der Waals surface area contributed by atoms with Crippen molar-refractivity contribution in [3.8, 4) is 22.9 Å². The fourth-order valence-corrected chi connectivity index (χ4v) is 2.66. The molecule has 0 spiro atoms. The molecular formula is C18H14N2O2. The zero-order valence-electron chi connectivity index (χ0n) is 12.0. The molecule has 2 N–H and O–H groups in total. The summed E-state index contributed by atoms with van der Waals surface area (Å²) in [5.41, 5.74) is 2.48. The number of imidazole rings is 1. The van der Waals surface area contributed by atoms with Gasteiger partial charge in [0.25, 0.3) is 0 Å². The molecule has 4 nitrogen and oxygen atoms in total. The number of phenols is 1. The summed E-state index contributed by atoms with van der Waals surface area (Å²) >= 11 is 0. The van der Waals surface area contributed by atoms with Crippen LogP contribution in [0.4, 0.5) is 0 Å². The third kappa shape index (κ3) is 1.97. The molecule has 0 fully saturated rings. The lowest BCUT2D eigenvalue weighted by molar-refractivity contribution is 0.408. The van der Waals surface area contributed by atoms with Gasteiger partial charge < -0.3 is 14.8 Å². The number of H-pyrrole nitrogens is 1. The van der Waals surface area contributed by atoms with Crippen molar-refractivity contribution in [3.05, 3.63) is 54.6 Å². The Morgan fingerprint density at radius 3 is 2.50 bits per heavy atom. The number of hydrogen-bond donors (Lipinski definition) is 2. The molecule has 0 bridgehead atoms. The van der Waals surface area contributed by atoms with Crippen LogP contribution in [-0.4, -0.2) is 22.2 Å². The second-order valence-electron chi connectivity index (χ2n) is 5.18. The zero-order valence-corrected chi connectivity index (χ0v) is 12.0. The van der Waals surface area contributed by atoms with Crippen molar-refractivity contribution in [1.29, 1.82) is 0 Å². The number of benzene rings is 3. The molecule has 22 heavy (non-hydrogen) atoms. The Hall–Kier alpha value is -3.01. The van der Waals surface area contributed by atoms with Gasteiger partial charge in [0.1, 0.15) is 17.3 Å². The van der Waals surface area contributed by atoms with E-state index in [1.807, 2.05) is 18.2 Å². The first-order valence-corrected chi connectivity index (χ1v) is 7.00. The molecule has 1 aromatic heterocycles. The van der Waals surface area contributed by atoms with Crippen LogP contribution in [0.15, 0.2) is 54.6 Å². The Labute approximate surface area is 127 Å². The molecule has 0 aliphatic carbocycles. The van der Waals surface area contributed by atoms with Gasteiger partial charge in [0.15, 0.2) is 0 Å². The molecule has 0 amide bonds. The summed E-state index contributed by atoms with van der Waals surface area (Å²) in [6.45, 7) is 0. The Balaban J connectivity index is 1.90. The quantitative estimate of drug-likeness (QED) is 0.584. The van der Waals surface area contributed by atoms with Crippen molar-refractivity contribution in [2.45, 2.75) is 0 Å². The molecule has 4 rings (SSSR count). The highest BCUT2D eigenvalue weighted by Gasteiger charge is 2.11. The molecule has 0 aliphatic rings. The van der Waals surface area contributed by atoms with E-state index in [4.69, 9.17) is 4.74 Å². The van der Waals surface area contributed by atoms with Gasteiger partial charge in [-0.2, -0.15) is 0 Å². The molecule has 0 saturated heterocycles. The number of aromatic amines is 1. The summed E-state index contributed by atoms with van der Waals surface area (Å²) < 4.78 is 5.11. The number of phenolic OH excluding ortho intramolecular Hbond substituents is 1. The number of methoxy groups -OCH3 is 1. The van der Waals surface area contributed by atoms with Crippen molar-refractivity contribution in [2.75, 3.05) is 7.11 Å². The minimum absolute atomic E-state index is 0.142. The number of aromatic hydroxyl groups is 1. The van der Waals surface area contributed by atoms with Crippen LogP contribution in [0.3, 0.4) is 0 Å². The maximum absolute atomic E-state index is 10.2. The summed E-state index contributed by atoms with van der Waals surface area (Å²) in [5.74, 6) is 1.40. The average molecular weight is 290 g/mol. The topological polar surface area (TPSA) is 58.1 Å². The van der Waals surface area contributed by atoms with E-state index in [-0.39, 0.29) is 5.75 Å². The van der Waals surface area contributed by atoms with Gasteiger partial charge in [0, 0.05) is 6.07 Å². The monoisotopic (exact) mass is 290 g/mol. The summed E-state index contributed by atoms with van der Waals surface area (Å²) in [5, 5.41) is 12.5. The number of fused-ring (bicyclic) bond motifs is 2. The van der Waals surface area contributed by atoms with E-state index in [2.05, 4.69) is 28.2 Å². The first-order chi connectivity index (χ1) is 10.7. The number of aromatic nitrogens is 2. The smallest absolute Gasteiger partial charge is 0.142 e. The number of nitrogens with zero attached hydrogens (tertiary/aromatic N) is 1. The highest BCUT2D eigenvalue weighted by molar-refractivity contribution is 5.96. The standard InChI is InChI=1S/C18H14N2O2/c1-22-13-6-7-14(17(21)10-13)18-19-15-8-11-4-2-3-5-12(11)9-16(15)20-18/h2-10,21H,1H3,(H,19,20). The van der Waals surface area contributed by atoms with Gasteiger partial charge in [0.2, 0.25) is 0 Å². The highest BCUT2D eigenvalue weighted by Crippen LogP contribution is 2.32. The van der Waals surface area contributed by atoms with Gasteiger partial charge in [0.05, 0.1) is 23.7 Å².